The number of nitrogens with one attached hydrogen (secondary N) is 6. The van der Waals surface area contributed by atoms with E-state index in [9.17, 15) is 83.7 Å². The molecule has 0 aliphatic rings. The molecule has 0 aliphatic carbocycles. The average Bonchev–Trinajstić information content (AvgIpc) is 0.795. The summed E-state index contributed by atoms with van der Waals surface area (Å²) in [4.78, 5) is 125. The predicted molar refractivity (Wildman–Crippen MR) is 560 cm³/mol. The summed E-state index contributed by atoms with van der Waals surface area (Å²) in [5.41, 5.74) is 13.8. The van der Waals surface area contributed by atoms with Crippen molar-refractivity contribution in [3.05, 3.63) is 303 Å². The molecule has 0 heterocycles. The second-order valence-corrected chi connectivity index (χ2v) is 42.4. The van der Waals surface area contributed by atoms with E-state index in [0.29, 0.717) is 58.8 Å². The lowest BCUT2D eigenvalue weighted by Crippen LogP contribution is -2.53. The van der Waals surface area contributed by atoms with Crippen LogP contribution in [0, 0.1) is 0 Å². The quantitative estimate of drug-likeness (QED) is 0.0160. The first-order valence-electron chi connectivity index (χ1n) is 49.0. The number of likely N-dealkylation sites (N-methyl/N-ethyl adjacent to an activating group) is 2. The summed E-state index contributed by atoms with van der Waals surface area (Å²) >= 11 is 0. The highest BCUT2D eigenvalue weighted by atomic mass is 32.2. The van der Waals surface area contributed by atoms with Gasteiger partial charge in [-0.25, -0.2) is 53.2 Å². The van der Waals surface area contributed by atoms with Crippen LogP contribution in [0.15, 0.2) is 251 Å². The van der Waals surface area contributed by atoms with Crippen molar-refractivity contribution in [1.82, 2.24) is 74.9 Å². The van der Waals surface area contributed by atoms with Crippen LogP contribution < -0.4 is 32.2 Å². The summed E-state index contributed by atoms with van der Waals surface area (Å²) in [6.07, 6.45) is 2.86. The van der Waals surface area contributed by atoms with Gasteiger partial charge in [-0.15, -0.1) is 0 Å². The monoisotopic (exact) mass is 2040 g/mol. The molecule has 0 spiro atoms. The second kappa shape index (κ2) is 59.8. The minimum atomic E-state index is -4.00. The number of hydrogen-bond acceptors (Lipinski definition) is 21. The standard InChI is InChI=1S/C37H51N5O6S.C36H49N5O6S.C35H47N5O6S/c1-6-19-41(20-7-2)37(46)31-24-30(25-32(26-31)49(47,48)40(4)5)36(45)38-33(22-28-15-11-9-12-16-28)34(43)27-42(21-8-3)39-35(44)23-29-17-13-10-14-18-29;1-6-19-40(20-7-2)36(45)30-23-29(24-31(25-30)48(46,47)39(4)5)35(44)37-32(21-27-15-11-9-12-16-27)33(42)26-41(8-3)38-34(43)22-28-17-13-10-14-18-28;1-6-18-40(19-7-2)35(44)29-22-28(23-30(24-29)47(45,46)38(3)4)34(43)36-31(20-26-14-10-8-11-15-26)32(41)25-39(5)37-33(42)21-27-16-12-9-13-17-27/h9-18,24-26,33-34,43H,6-8,19-23,27H2,1-5H3,(H,38,45)(H,39,44);9-18,23-25,32-33,42H,6-8,19-22,26H2,1-5H3,(H,37,44)(H,38,43);8-17,22-24,31-32,41H,6-7,18-21,25H2,1-5H3,(H,36,43)(H,37,42). The third-order valence-electron chi connectivity index (χ3n) is 23.3. The molecule has 0 saturated heterocycles. The van der Waals surface area contributed by atoms with Crippen molar-refractivity contribution in [1.29, 1.82) is 0 Å². The lowest BCUT2D eigenvalue weighted by molar-refractivity contribution is -0.126. The number of aliphatic hydroxyl groups excluding tert-OH is 3. The number of rotatable bonds is 54. The van der Waals surface area contributed by atoms with Crippen LogP contribution >= 0.6 is 0 Å². The van der Waals surface area contributed by atoms with Crippen molar-refractivity contribution in [2.24, 2.45) is 0 Å². The van der Waals surface area contributed by atoms with Gasteiger partial charge in [0.15, 0.2) is 0 Å². The summed E-state index contributed by atoms with van der Waals surface area (Å²) in [5, 5.41) is 47.8. The summed E-state index contributed by atoms with van der Waals surface area (Å²) in [6, 6.07) is 65.3. The van der Waals surface area contributed by atoms with Crippen LogP contribution in [0.4, 0.5) is 0 Å². The predicted octanol–water partition coefficient (Wildman–Crippen LogP) is 10.5. The summed E-state index contributed by atoms with van der Waals surface area (Å²) < 4.78 is 82.4. The van der Waals surface area contributed by atoms with Crippen molar-refractivity contribution in [3.63, 3.8) is 0 Å². The van der Waals surface area contributed by atoms with Gasteiger partial charge in [-0.3, -0.25) is 59.4 Å². The number of hydrogen-bond donors (Lipinski definition) is 9. The van der Waals surface area contributed by atoms with Crippen LogP contribution in [0.2, 0.25) is 0 Å². The molecule has 36 heteroatoms. The van der Waals surface area contributed by atoms with E-state index < -0.39 is 84.2 Å². The number of benzene rings is 9. The Kier molecular flexibility index (Phi) is 49.3. The molecule has 0 bridgehead atoms. The highest BCUT2D eigenvalue weighted by Crippen LogP contribution is 2.27. The third kappa shape index (κ3) is 37.7. The molecule has 9 rings (SSSR count). The van der Waals surface area contributed by atoms with Crippen LogP contribution in [-0.2, 0) is 83.0 Å². The number of carbonyl (C=O) groups is 9. The molecule has 780 valence electrons. The van der Waals surface area contributed by atoms with Crippen LogP contribution in [0.5, 0.6) is 0 Å². The molecule has 0 saturated carbocycles. The fourth-order valence-corrected chi connectivity index (χ4v) is 18.8. The maximum Gasteiger partial charge on any atom is 0.253 e. The largest absolute Gasteiger partial charge is 0.390 e. The minimum absolute atomic E-state index is 0.0105. The average molecular weight is 2040 g/mol. The highest BCUT2D eigenvalue weighted by molar-refractivity contribution is 7.89. The topological polar surface area (TPSA) is 418 Å². The molecule has 6 unspecified atom stereocenters. The van der Waals surface area contributed by atoms with E-state index in [1.165, 1.54) is 102 Å². The van der Waals surface area contributed by atoms with Crippen molar-refractivity contribution in [2.45, 2.75) is 190 Å². The zero-order valence-electron chi connectivity index (χ0n) is 85.7. The number of hydrazine groups is 3. The first-order chi connectivity index (χ1) is 68.6. The number of amides is 9. The Morgan fingerprint density at radius 3 is 0.743 bits per heavy atom. The van der Waals surface area contributed by atoms with Crippen molar-refractivity contribution in [2.75, 3.05) is 121 Å². The number of carbonyl (C=O) groups excluding carboxylic acids is 9. The van der Waals surface area contributed by atoms with Crippen LogP contribution in [0.25, 0.3) is 0 Å². The lowest BCUT2D eigenvalue weighted by atomic mass is 10.00. The summed E-state index contributed by atoms with van der Waals surface area (Å²) in [7, 11) is -2.08. The van der Waals surface area contributed by atoms with Gasteiger partial charge in [-0.05, 0) is 152 Å². The Labute approximate surface area is 851 Å². The van der Waals surface area contributed by atoms with E-state index in [0.717, 1.165) is 84.8 Å². The van der Waals surface area contributed by atoms with Crippen molar-refractivity contribution in [3.8, 4) is 0 Å². The van der Waals surface area contributed by atoms with E-state index in [1.807, 2.05) is 237 Å². The first kappa shape index (κ1) is 119. The molecule has 9 N–H and O–H groups in total. The molecule has 33 nitrogen and oxygen atoms in total. The van der Waals surface area contributed by atoms with E-state index in [1.54, 1.807) is 31.8 Å². The third-order valence-corrected chi connectivity index (χ3v) is 28.7. The Morgan fingerprint density at radius 2 is 0.500 bits per heavy atom. The normalized spacial score (nSPS) is 12.8. The molecule has 144 heavy (non-hydrogen) atoms. The molecule has 9 aromatic carbocycles. The summed E-state index contributed by atoms with van der Waals surface area (Å²) in [6.45, 7) is 19.3. The van der Waals surface area contributed by atoms with E-state index in [4.69, 9.17) is 0 Å². The molecule has 6 atom stereocenters. The van der Waals surface area contributed by atoms with Gasteiger partial charge in [-0.2, -0.15) is 0 Å². The Morgan fingerprint density at radius 1 is 0.278 bits per heavy atom. The Balaban J connectivity index is 0.000000293. The second-order valence-electron chi connectivity index (χ2n) is 35.9. The molecule has 0 radical (unpaired) electrons. The molecular formula is C108H147N15O18S3. The Hall–Kier alpha value is -12.3. The number of sulfonamides is 3. The fraction of sp³-hybridized carbons (Fsp3) is 0.417. The van der Waals surface area contributed by atoms with Crippen LogP contribution in [0.1, 0.15) is 196 Å². The zero-order chi connectivity index (χ0) is 106. The molecule has 9 amide bonds. The van der Waals surface area contributed by atoms with E-state index in [-0.39, 0.29) is 142 Å². The van der Waals surface area contributed by atoms with E-state index in [2.05, 4.69) is 32.2 Å². The molecule has 0 aliphatic heterocycles. The zero-order valence-corrected chi connectivity index (χ0v) is 88.1. The maximum absolute atomic E-state index is 13.9. The van der Waals surface area contributed by atoms with Crippen LogP contribution in [-0.4, -0.2) is 294 Å². The summed E-state index contributed by atoms with van der Waals surface area (Å²) in [5.74, 6) is -3.76. The van der Waals surface area contributed by atoms with E-state index >= 15 is 0 Å². The lowest BCUT2D eigenvalue weighted by Gasteiger charge is -2.30. The van der Waals surface area contributed by atoms with Gasteiger partial charge in [0.2, 0.25) is 47.8 Å². The molecular weight excluding hydrogens is 1890 g/mol. The van der Waals surface area contributed by atoms with Gasteiger partial charge in [0.1, 0.15) is 0 Å². The van der Waals surface area contributed by atoms with Gasteiger partial charge in [0.25, 0.3) is 35.4 Å². The number of nitrogens with zero attached hydrogens (tertiary/aromatic N) is 9. The number of aliphatic hydroxyl groups is 3. The van der Waals surface area contributed by atoms with Crippen molar-refractivity contribution < 1.29 is 83.7 Å². The van der Waals surface area contributed by atoms with Gasteiger partial charge in [0, 0.05) is 155 Å². The van der Waals surface area contributed by atoms with Crippen molar-refractivity contribution >= 4 is 83.2 Å². The smallest absolute Gasteiger partial charge is 0.253 e. The highest BCUT2D eigenvalue weighted by Gasteiger charge is 2.34. The molecule has 9 aromatic rings. The van der Waals surface area contributed by atoms with Gasteiger partial charge in [0.05, 0.1) is 70.4 Å². The van der Waals surface area contributed by atoms with Gasteiger partial charge < -0.3 is 46.0 Å². The van der Waals surface area contributed by atoms with Gasteiger partial charge in [-0.1, -0.05) is 237 Å². The van der Waals surface area contributed by atoms with Crippen LogP contribution in [0.3, 0.4) is 0 Å². The Bertz CT molecular complexity index is 5930. The molecule has 0 fully saturated rings. The fourth-order valence-electron chi connectivity index (χ4n) is 15.9. The minimum Gasteiger partial charge on any atom is -0.390 e. The maximum atomic E-state index is 13.9. The van der Waals surface area contributed by atoms with Gasteiger partial charge >= 0.3 is 0 Å². The SMILES string of the molecule is CCCN(CC(O)C(Cc1ccccc1)NC(=O)c1cc(C(=O)N(CCC)CCC)cc(S(=O)(=O)N(C)C)c1)NC(=O)Cc1ccccc1.CCCN(CCC)C(=O)c1cc(C(=O)NC(Cc2ccccc2)C(O)CN(C)NC(=O)Cc2ccccc2)cc(S(=O)(=O)N(C)C)c1.CCCN(CCC)C(=O)c1cc(C(=O)NC(Cc2ccccc2)C(O)CN(CC)NC(=O)Cc2ccccc2)cc(S(=O)(=O)N(C)C)c1. The molecule has 0 aromatic heterocycles. The first-order valence-corrected chi connectivity index (χ1v) is 53.4.